The molecule has 1 saturated carbocycles. The zero-order valence-electron chi connectivity index (χ0n) is 11.6. The van der Waals surface area contributed by atoms with Crippen molar-refractivity contribution in [2.45, 2.75) is 51.7 Å². The lowest BCUT2D eigenvalue weighted by Crippen LogP contribution is -2.36. The Hall–Kier alpha value is -0.530. The molecule has 1 fully saturated rings. The molecule has 0 radical (unpaired) electrons. The van der Waals surface area contributed by atoms with Crippen LogP contribution >= 0.6 is 24.0 Å². The first-order valence-corrected chi connectivity index (χ1v) is 6.04. The van der Waals surface area contributed by atoms with Crippen molar-refractivity contribution in [3.63, 3.8) is 0 Å². The van der Waals surface area contributed by atoms with Crippen LogP contribution in [0.5, 0.6) is 0 Å². The quantitative estimate of drug-likeness (QED) is 0.355. The van der Waals surface area contributed by atoms with Crippen LogP contribution in [0.1, 0.15) is 40.0 Å². The van der Waals surface area contributed by atoms with Crippen LogP contribution in [0.4, 0.5) is 0 Å². The zero-order chi connectivity index (χ0) is 13.1. The van der Waals surface area contributed by atoms with Gasteiger partial charge in [0.05, 0.1) is 13.0 Å². The van der Waals surface area contributed by atoms with Crippen molar-refractivity contribution in [3.05, 3.63) is 0 Å². The molecule has 2 N–H and O–H groups in total. The molecule has 106 valence electrons. The summed E-state index contributed by atoms with van der Waals surface area (Å²) in [5.74, 6) is 0.277. The number of esters is 1. The number of guanidine groups is 1. The van der Waals surface area contributed by atoms with Gasteiger partial charge in [-0.15, -0.1) is 24.0 Å². The Labute approximate surface area is 126 Å². The van der Waals surface area contributed by atoms with Gasteiger partial charge in [0.1, 0.15) is 5.60 Å². The second-order valence-corrected chi connectivity index (χ2v) is 5.42. The maximum Gasteiger partial charge on any atom is 0.308 e. The molecule has 0 bridgehead atoms. The Morgan fingerprint density at radius 1 is 1.44 bits per heavy atom. The van der Waals surface area contributed by atoms with E-state index >= 15 is 0 Å². The normalized spacial score (nSPS) is 15.9. The second-order valence-electron chi connectivity index (χ2n) is 5.42. The number of rotatable bonds is 4. The molecular weight excluding hydrogens is 345 g/mol. The van der Waals surface area contributed by atoms with Crippen molar-refractivity contribution in [2.75, 3.05) is 13.6 Å². The van der Waals surface area contributed by atoms with E-state index in [-0.39, 0.29) is 36.4 Å². The standard InChI is InChI=1S/C12H23N3O2.HI/c1-12(2,3)17-10(16)7-8-14-11(13)15(4)9-5-6-9;/h9H,5-8H2,1-4H3,(H2,13,14);1H. The molecule has 0 atom stereocenters. The Bertz CT molecular complexity index is 309. The van der Waals surface area contributed by atoms with Crippen molar-refractivity contribution >= 4 is 35.9 Å². The summed E-state index contributed by atoms with van der Waals surface area (Å²) in [5.41, 5.74) is 5.36. The van der Waals surface area contributed by atoms with E-state index < -0.39 is 5.60 Å². The molecule has 0 aromatic rings. The first kappa shape index (κ1) is 17.5. The van der Waals surface area contributed by atoms with Crippen molar-refractivity contribution in [1.82, 2.24) is 4.90 Å². The molecule has 5 nitrogen and oxygen atoms in total. The number of nitrogens with two attached hydrogens (primary N) is 1. The number of halogens is 1. The van der Waals surface area contributed by atoms with Gasteiger partial charge in [0.2, 0.25) is 0 Å². The minimum absolute atomic E-state index is 0. The molecule has 0 spiro atoms. The van der Waals surface area contributed by atoms with Crippen LogP contribution < -0.4 is 5.73 Å². The lowest BCUT2D eigenvalue weighted by atomic mass is 10.2. The molecule has 0 saturated heterocycles. The third-order valence-corrected chi connectivity index (χ3v) is 2.47. The second kappa shape index (κ2) is 7.16. The van der Waals surface area contributed by atoms with Gasteiger partial charge in [0.25, 0.3) is 0 Å². The third-order valence-electron chi connectivity index (χ3n) is 2.47. The minimum atomic E-state index is -0.433. The van der Waals surface area contributed by atoms with Gasteiger partial charge < -0.3 is 15.4 Å². The van der Waals surface area contributed by atoms with Crippen LogP contribution in [-0.2, 0) is 9.53 Å². The largest absolute Gasteiger partial charge is 0.460 e. The lowest BCUT2D eigenvalue weighted by molar-refractivity contribution is -0.154. The van der Waals surface area contributed by atoms with E-state index in [0.29, 0.717) is 18.5 Å². The van der Waals surface area contributed by atoms with E-state index in [2.05, 4.69) is 4.99 Å². The highest BCUT2D eigenvalue weighted by molar-refractivity contribution is 14.0. The molecular formula is C12H24IN3O2. The van der Waals surface area contributed by atoms with Crippen molar-refractivity contribution in [3.8, 4) is 0 Å². The molecule has 0 unspecified atom stereocenters. The Morgan fingerprint density at radius 2 is 2.00 bits per heavy atom. The van der Waals surface area contributed by atoms with Gasteiger partial charge in [-0.25, -0.2) is 0 Å². The Kier molecular flexibility index (Phi) is 6.94. The predicted octanol–water partition coefficient (Wildman–Crippen LogP) is 1.75. The molecule has 0 amide bonds. The topological polar surface area (TPSA) is 67.9 Å². The minimum Gasteiger partial charge on any atom is -0.460 e. The van der Waals surface area contributed by atoms with Gasteiger partial charge >= 0.3 is 5.97 Å². The molecule has 0 heterocycles. The van der Waals surface area contributed by atoms with E-state index in [1.54, 1.807) is 0 Å². The van der Waals surface area contributed by atoms with Gasteiger partial charge in [-0.3, -0.25) is 9.79 Å². The van der Waals surface area contributed by atoms with Gasteiger partial charge in [-0.2, -0.15) is 0 Å². The maximum atomic E-state index is 11.4. The lowest BCUT2D eigenvalue weighted by Gasteiger charge is -2.19. The van der Waals surface area contributed by atoms with Crippen molar-refractivity contribution in [1.29, 1.82) is 0 Å². The van der Waals surface area contributed by atoms with Crippen LogP contribution in [0.25, 0.3) is 0 Å². The van der Waals surface area contributed by atoms with Crippen LogP contribution in [0, 0.1) is 0 Å². The molecule has 0 aromatic carbocycles. The summed E-state index contributed by atoms with van der Waals surface area (Å²) >= 11 is 0. The van der Waals surface area contributed by atoms with E-state index in [0.717, 1.165) is 0 Å². The summed E-state index contributed by atoms with van der Waals surface area (Å²) in [6.45, 7) is 5.94. The fourth-order valence-electron chi connectivity index (χ4n) is 1.41. The summed E-state index contributed by atoms with van der Waals surface area (Å²) in [7, 11) is 1.93. The number of nitrogens with zero attached hydrogens (tertiary/aromatic N) is 2. The van der Waals surface area contributed by atoms with E-state index in [1.807, 2.05) is 32.7 Å². The Morgan fingerprint density at radius 3 is 2.44 bits per heavy atom. The number of ether oxygens (including phenoxy) is 1. The predicted molar refractivity (Wildman–Crippen MR) is 83.2 cm³/mol. The molecule has 18 heavy (non-hydrogen) atoms. The molecule has 1 aliphatic rings. The fraction of sp³-hybridized carbons (Fsp3) is 0.833. The highest BCUT2D eigenvalue weighted by Crippen LogP contribution is 2.24. The van der Waals surface area contributed by atoms with Crippen LogP contribution in [0.2, 0.25) is 0 Å². The Balaban J connectivity index is 0.00000289. The third kappa shape index (κ3) is 7.03. The summed E-state index contributed by atoms with van der Waals surface area (Å²) in [5, 5.41) is 0. The first-order chi connectivity index (χ1) is 7.79. The highest BCUT2D eigenvalue weighted by Gasteiger charge is 2.27. The van der Waals surface area contributed by atoms with E-state index in [9.17, 15) is 4.79 Å². The molecule has 6 heteroatoms. The van der Waals surface area contributed by atoms with Gasteiger partial charge in [0, 0.05) is 13.1 Å². The monoisotopic (exact) mass is 369 g/mol. The fourth-order valence-corrected chi connectivity index (χ4v) is 1.41. The van der Waals surface area contributed by atoms with Crippen molar-refractivity contribution < 1.29 is 9.53 Å². The van der Waals surface area contributed by atoms with Crippen LogP contribution in [0.3, 0.4) is 0 Å². The smallest absolute Gasteiger partial charge is 0.308 e. The summed E-state index contributed by atoms with van der Waals surface area (Å²) < 4.78 is 5.18. The molecule has 0 aromatic heterocycles. The molecule has 0 aliphatic heterocycles. The van der Waals surface area contributed by atoms with Crippen LogP contribution in [0.15, 0.2) is 4.99 Å². The number of carbonyl (C=O) groups is 1. The average molecular weight is 369 g/mol. The van der Waals surface area contributed by atoms with E-state index in [4.69, 9.17) is 10.5 Å². The molecule has 1 rings (SSSR count). The SMILES string of the molecule is CN(C(N)=NCCC(=O)OC(C)(C)C)C1CC1.I. The average Bonchev–Trinajstić information content (AvgIpc) is 2.96. The first-order valence-electron chi connectivity index (χ1n) is 6.04. The van der Waals surface area contributed by atoms with Gasteiger partial charge in [-0.05, 0) is 33.6 Å². The van der Waals surface area contributed by atoms with Gasteiger partial charge in [-0.1, -0.05) is 0 Å². The van der Waals surface area contributed by atoms with Crippen LogP contribution in [-0.4, -0.2) is 42.1 Å². The summed E-state index contributed by atoms with van der Waals surface area (Å²) in [4.78, 5) is 17.6. The number of hydrogen-bond acceptors (Lipinski definition) is 3. The maximum absolute atomic E-state index is 11.4. The highest BCUT2D eigenvalue weighted by atomic mass is 127. The number of hydrogen-bond donors (Lipinski definition) is 1. The molecule has 1 aliphatic carbocycles. The summed E-state index contributed by atoms with van der Waals surface area (Å²) in [6.07, 6.45) is 2.63. The number of aliphatic imine (C=N–C) groups is 1. The number of carbonyl (C=O) groups excluding carboxylic acids is 1. The van der Waals surface area contributed by atoms with Crippen molar-refractivity contribution in [2.24, 2.45) is 10.7 Å². The summed E-state index contributed by atoms with van der Waals surface area (Å²) in [6, 6.07) is 0.542. The van der Waals surface area contributed by atoms with E-state index in [1.165, 1.54) is 12.8 Å². The zero-order valence-corrected chi connectivity index (χ0v) is 13.9. The van der Waals surface area contributed by atoms with Gasteiger partial charge in [0.15, 0.2) is 5.96 Å².